The lowest BCUT2D eigenvalue weighted by Gasteiger charge is -2.11. The minimum Gasteiger partial charge on any atom is -0.357 e. The average molecular weight is 441 g/mol. The number of nitrogens with one attached hydrogen (secondary N) is 2. The molecule has 0 atom stereocenters. The molecular weight excluding hydrogens is 413 g/mol. The normalized spacial score (nSPS) is 11.0. The molecule has 0 saturated heterocycles. The van der Waals surface area contributed by atoms with Gasteiger partial charge in [0.15, 0.2) is 5.96 Å². The Labute approximate surface area is 162 Å². The summed E-state index contributed by atoms with van der Waals surface area (Å²) < 4.78 is 1.83. The fourth-order valence-electron chi connectivity index (χ4n) is 2.49. The van der Waals surface area contributed by atoms with Crippen LogP contribution in [0.5, 0.6) is 0 Å². The van der Waals surface area contributed by atoms with Gasteiger partial charge < -0.3 is 10.6 Å². The molecule has 1 aromatic carbocycles. The molecule has 0 spiro atoms. The molecule has 5 nitrogen and oxygen atoms in total. The zero-order chi connectivity index (χ0) is 16.5. The number of halogens is 1. The number of aliphatic imine (C=N–C) groups is 1. The molecule has 0 aliphatic carbocycles. The van der Waals surface area contributed by atoms with Crippen molar-refractivity contribution in [1.82, 2.24) is 20.4 Å². The number of hydrogen-bond acceptors (Lipinski definition) is 2. The van der Waals surface area contributed by atoms with E-state index in [1.165, 1.54) is 16.7 Å². The van der Waals surface area contributed by atoms with Gasteiger partial charge in [-0.1, -0.05) is 31.2 Å². The quantitative estimate of drug-likeness (QED) is 0.395. The zero-order valence-corrected chi connectivity index (χ0v) is 17.1. The van der Waals surface area contributed by atoms with Crippen LogP contribution in [0.25, 0.3) is 0 Å². The van der Waals surface area contributed by atoms with Crippen molar-refractivity contribution in [3.8, 4) is 0 Å². The van der Waals surface area contributed by atoms with Crippen molar-refractivity contribution in [3.05, 3.63) is 53.3 Å². The monoisotopic (exact) mass is 441 g/mol. The maximum Gasteiger partial charge on any atom is 0.191 e. The first-order chi connectivity index (χ1) is 11.2. The number of guanidine groups is 1. The number of nitrogens with zero attached hydrogens (tertiary/aromatic N) is 3. The largest absolute Gasteiger partial charge is 0.357 e. The second kappa shape index (κ2) is 11.1. The lowest BCUT2D eigenvalue weighted by Crippen LogP contribution is -2.38. The summed E-state index contributed by atoms with van der Waals surface area (Å²) in [6.45, 7) is 6.66. The Hall–Kier alpha value is -1.57. The van der Waals surface area contributed by atoms with Crippen LogP contribution in [0.1, 0.15) is 30.5 Å². The van der Waals surface area contributed by atoms with Crippen molar-refractivity contribution in [1.29, 1.82) is 0 Å². The fraction of sp³-hybridized carbons (Fsp3) is 0.444. The molecule has 24 heavy (non-hydrogen) atoms. The third-order valence-electron chi connectivity index (χ3n) is 3.72. The van der Waals surface area contributed by atoms with Gasteiger partial charge in [-0.25, -0.2) is 4.99 Å². The van der Waals surface area contributed by atoms with Crippen LogP contribution in [0.4, 0.5) is 0 Å². The Morgan fingerprint density at radius 2 is 1.92 bits per heavy atom. The van der Waals surface area contributed by atoms with Crippen LogP contribution >= 0.6 is 24.0 Å². The summed E-state index contributed by atoms with van der Waals surface area (Å²) in [5, 5.41) is 10.9. The molecule has 2 rings (SSSR count). The summed E-state index contributed by atoms with van der Waals surface area (Å²) in [6.07, 6.45) is 5.92. The van der Waals surface area contributed by atoms with Gasteiger partial charge in [-0.2, -0.15) is 5.10 Å². The SMILES string of the molecule is CCNC(=NCc1ccccc1CC)NCCc1cnn(C)c1.I. The van der Waals surface area contributed by atoms with Crippen LogP contribution in [0.15, 0.2) is 41.7 Å². The standard InChI is InChI=1S/C18H27N5.HI/c1-4-16-8-6-7-9-17(16)13-21-18(19-5-2)20-11-10-15-12-22-23(3)14-15;/h6-9,12,14H,4-5,10-11,13H2,1-3H3,(H2,19,20,21);1H. The Kier molecular flexibility index (Phi) is 9.44. The minimum atomic E-state index is 0. The molecule has 132 valence electrons. The summed E-state index contributed by atoms with van der Waals surface area (Å²) in [4.78, 5) is 4.70. The van der Waals surface area contributed by atoms with Gasteiger partial charge in [0.05, 0.1) is 12.7 Å². The van der Waals surface area contributed by atoms with Gasteiger partial charge in [-0.05, 0) is 36.5 Å². The van der Waals surface area contributed by atoms with Crippen molar-refractivity contribution in [2.24, 2.45) is 12.0 Å². The molecule has 0 saturated carbocycles. The van der Waals surface area contributed by atoms with Crippen LogP contribution in [-0.4, -0.2) is 28.8 Å². The van der Waals surface area contributed by atoms with Crippen LogP contribution in [0.2, 0.25) is 0 Å². The van der Waals surface area contributed by atoms with Crippen molar-refractivity contribution in [2.75, 3.05) is 13.1 Å². The van der Waals surface area contributed by atoms with Gasteiger partial charge in [-0.3, -0.25) is 4.68 Å². The molecule has 2 N–H and O–H groups in total. The van der Waals surface area contributed by atoms with Crippen molar-refractivity contribution in [2.45, 2.75) is 33.2 Å². The highest BCUT2D eigenvalue weighted by atomic mass is 127. The predicted molar refractivity (Wildman–Crippen MR) is 111 cm³/mol. The number of hydrogen-bond donors (Lipinski definition) is 2. The molecule has 0 fully saturated rings. The number of aryl methyl sites for hydroxylation is 2. The van der Waals surface area contributed by atoms with Gasteiger partial charge in [0.25, 0.3) is 0 Å². The zero-order valence-electron chi connectivity index (χ0n) is 14.7. The average Bonchev–Trinajstić information content (AvgIpc) is 2.98. The Morgan fingerprint density at radius 3 is 2.54 bits per heavy atom. The van der Waals surface area contributed by atoms with E-state index in [0.717, 1.165) is 31.9 Å². The maximum absolute atomic E-state index is 4.70. The van der Waals surface area contributed by atoms with E-state index in [0.29, 0.717) is 6.54 Å². The third-order valence-corrected chi connectivity index (χ3v) is 3.72. The summed E-state index contributed by atoms with van der Waals surface area (Å²) in [7, 11) is 1.94. The molecule has 1 aromatic heterocycles. The van der Waals surface area contributed by atoms with Gasteiger partial charge in [-0.15, -0.1) is 24.0 Å². The topological polar surface area (TPSA) is 54.2 Å². The molecule has 1 heterocycles. The summed E-state index contributed by atoms with van der Waals surface area (Å²) in [5.41, 5.74) is 3.88. The molecule has 0 radical (unpaired) electrons. The maximum atomic E-state index is 4.70. The smallest absolute Gasteiger partial charge is 0.191 e. The van der Waals surface area contributed by atoms with E-state index in [1.807, 2.05) is 24.1 Å². The van der Waals surface area contributed by atoms with Gasteiger partial charge in [0.2, 0.25) is 0 Å². The Balaban J connectivity index is 0.00000288. The summed E-state index contributed by atoms with van der Waals surface area (Å²) in [5.74, 6) is 0.863. The molecule has 6 heteroatoms. The first kappa shape index (κ1) is 20.5. The number of benzene rings is 1. The molecule has 0 bridgehead atoms. The van der Waals surface area contributed by atoms with Gasteiger partial charge >= 0.3 is 0 Å². The van der Waals surface area contributed by atoms with Crippen molar-refractivity contribution >= 4 is 29.9 Å². The van der Waals surface area contributed by atoms with Crippen LogP contribution in [0, 0.1) is 0 Å². The van der Waals surface area contributed by atoms with Gasteiger partial charge in [0, 0.05) is 26.3 Å². The van der Waals surface area contributed by atoms with Crippen LogP contribution in [0.3, 0.4) is 0 Å². The van der Waals surface area contributed by atoms with E-state index in [4.69, 9.17) is 4.99 Å². The van der Waals surface area contributed by atoms with Crippen molar-refractivity contribution < 1.29 is 0 Å². The van der Waals surface area contributed by atoms with Crippen molar-refractivity contribution in [3.63, 3.8) is 0 Å². The summed E-state index contributed by atoms with van der Waals surface area (Å²) >= 11 is 0. The highest BCUT2D eigenvalue weighted by Gasteiger charge is 2.02. The van der Waals surface area contributed by atoms with Crippen LogP contribution < -0.4 is 10.6 Å². The molecule has 0 aliphatic rings. The van der Waals surface area contributed by atoms with Gasteiger partial charge in [0.1, 0.15) is 0 Å². The second-order valence-corrected chi connectivity index (χ2v) is 5.52. The lowest BCUT2D eigenvalue weighted by molar-refractivity contribution is 0.765. The predicted octanol–water partition coefficient (Wildman–Crippen LogP) is 2.90. The molecular formula is C18H28IN5. The molecule has 0 amide bonds. The van der Waals surface area contributed by atoms with E-state index in [9.17, 15) is 0 Å². The minimum absolute atomic E-state index is 0. The Morgan fingerprint density at radius 1 is 1.17 bits per heavy atom. The van der Waals surface area contributed by atoms with E-state index in [2.05, 4.69) is 53.8 Å². The molecule has 0 unspecified atom stereocenters. The third kappa shape index (κ3) is 6.51. The van der Waals surface area contributed by atoms with Crippen LogP contribution in [-0.2, 0) is 26.4 Å². The summed E-state index contributed by atoms with van der Waals surface area (Å²) in [6, 6.07) is 8.49. The van der Waals surface area contributed by atoms with E-state index in [1.54, 1.807) is 0 Å². The molecule has 0 aliphatic heterocycles. The first-order valence-electron chi connectivity index (χ1n) is 8.29. The first-order valence-corrected chi connectivity index (χ1v) is 8.29. The highest BCUT2D eigenvalue weighted by Crippen LogP contribution is 2.10. The van der Waals surface area contributed by atoms with E-state index < -0.39 is 0 Å². The molecule has 2 aromatic rings. The Bertz CT molecular complexity index is 636. The fourth-order valence-corrected chi connectivity index (χ4v) is 2.49. The number of aromatic nitrogens is 2. The van der Waals surface area contributed by atoms with E-state index >= 15 is 0 Å². The van der Waals surface area contributed by atoms with E-state index in [-0.39, 0.29) is 24.0 Å². The number of rotatable bonds is 7. The highest BCUT2D eigenvalue weighted by molar-refractivity contribution is 14.0. The lowest BCUT2D eigenvalue weighted by atomic mass is 10.1. The second-order valence-electron chi connectivity index (χ2n) is 5.52.